The van der Waals surface area contributed by atoms with Crippen molar-refractivity contribution >= 4 is 29.2 Å². The van der Waals surface area contributed by atoms with Crippen LogP contribution in [0.2, 0.25) is 10.0 Å². The molecule has 4 nitrogen and oxygen atoms in total. The minimum Gasteiger partial charge on any atom is -0.488 e. The van der Waals surface area contributed by atoms with E-state index in [1.165, 1.54) is 24.3 Å². The number of hydrogen-bond acceptors (Lipinski definition) is 3. The molecule has 7 heteroatoms. The first-order valence-electron chi connectivity index (χ1n) is 10.0. The molecular weight excluding hydrogens is 464 g/mol. The molecule has 0 aliphatic rings. The monoisotopic (exact) mass is 481 g/mol. The Morgan fingerprint density at radius 1 is 0.970 bits per heavy atom. The third kappa shape index (κ3) is 5.51. The largest absolute Gasteiger partial charge is 0.488 e. The van der Waals surface area contributed by atoms with Gasteiger partial charge < -0.3 is 9.84 Å². The molecule has 0 saturated heterocycles. The van der Waals surface area contributed by atoms with Crippen LogP contribution in [-0.4, -0.2) is 16.1 Å². The summed E-state index contributed by atoms with van der Waals surface area (Å²) < 4.78 is 19.5. The molecule has 0 amide bonds. The van der Waals surface area contributed by atoms with Crippen LogP contribution in [0.3, 0.4) is 0 Å². The molecule has 0 bridgehead atoms. The summed E-state index contributed by atoms with van der Waals surface area (Å²) in [6, 6.07) is 22.0. The number of rotatable bonds is 7. The molecule has 0 aliphatic carbocycles. The van der Waals surface area contributed by atoms with Crippen LogP contribution < -0.4 is 4.74 Å². The Balaban J connectivity index is 1.71. The van der Waals surface area contributed by atoms with Gasteiger partial charge in [0.05, 0.1) is 17.0 Å². The number of aromatic carboxylic acids is 1. The van der Waals surface area contributed by atoms with E-state index in [0.29, 0.717) is 39.9 Å². The van der Waals surface area contributed by atoms with Gasteiger partial charge in [-0.15, -0.1) is 0 Å². The van der Waals surface area contributed by atoms with E-state index in [4.69, 9.17) is 27.9 Å². The molecule has 166 valence electrons. The molecule has 4 aromatic rings. The summed E-state index contributed by atoms with van der Waals surface area (Å²) in [6.07, 6.45) is 0.127. The summed E-state index contributed by atoms with van der Waals surface area (Å²) in [5.41, 5.74) is 3.09. The number of hydrogen-bond donors (Lipinski definition) is 1. The molecule has 4 rings (SSSR count). The molecule has 0 atom stereocenters. The van der Waals surface area contributed by atoms with Gasteiger partial charge >= 0.3 is 5.97 Å². The second-order valence-corrected chi connectivity index (χ2v) is 8.17. The van der Waals surface area contributed by atoms with Crippen molar-refractivity contribution in [3.8, 4) is 17.0 Å². The summed E-state index contributed by atoms with van der Waals surface area (Å²) in [7, 11) is 0. The van der Waals surface area contributed by atoms with E-state index in [9.17, 15) is 14.3 Å². The van der Waals surface area contributed by atoms with Gasteiger partial charge in [-0.1, -0.05) is 59.6 Å². The zero-order valence-corrected chi connectivity index (χ0v) is 18.8. The number of aromatic nitrogens is 1. The Morgan fingerprint density at radius 2 is 1.76 bits per heavy atom. The van der Waals surface area contributed by atoms with Crippen molar-refractivity contribution < 1.29 is 19.0 Å². The van der Waals surface area contributed by atoms with Crippen LogP contribution in [0.15, 0.2) is 78.9 Å². The van der Waals surface area contributed by atoms with Crippen LogP contribution in [0.25, 0.3) is 11.3 Å². The molecule has 3 aromatic carbocycles. The predicted octanol–water partition coefficient (Wildman–Crippen LogP) is 7.06. The van der Waals surface area contributed by atoms with Gasteiger partial charge in [0.2, 0.25) is 0 Å². The summed E-state index contributed by atoms with van der Waals surface area (Å²) in [5, 5.41) is 10.4. The first-order valence-corrected chi connectivity index (χ1v) is 10.8. The topological polar surface area (TPSA) is 59.4 Å². The summed E-state index contributed by atoms with van der Waals surface area (Å²) in [6.45, 7) is 0.333. The number of pyridine rings is 1. The summed E-state index contributed by atoms with van der Waals surface area (Å²) in [5.74, 6) is -1.06. The number of benzene rings is 3. The molecular formula is C26H18Cl2FNO3. The van der Waals surface area contributed by atoms with Crippen LogP contribution in [0, 0.1) is 5.82 Å². The van der Waals surface area contributed by atoms with E-state index < -0.39 is 11.8 Å². The Hall–Kier alpha value is -3.41. The molecule has 1 heterocycles. The lowest BCUT2D eigenvalue weighted by atomic mass is 10.0. The van der Waals surface area contributed by atoms with E-state index in [0.717, 1.165) is 5.56 Å². The highest BCUT2D eigenvalue weighted by Gasteiger charge is 2.17. The summed E-state index contributed by atoms with van der Waals surface area (Å²) in [4.78, 5) is 16.4. The summed E-state index contributed by atoms with van der Waals surface area (Å²) >= 11 is 12.4. The predicted molar refractivity (Wildman–Crippen MR) is 127 cm³/mol. The van der Waals surface area contributed by atoms with Crippen molar-refractivity contribution in [3.05, 3.63) is 117 Å². The van der Waals surface area contributed by atoms with E-state index in [-0.39, 0.29) is 17.0 Å². The molecule has 0 fully saturated rings. The molecule has 0 unspecified atom stereocenters. The fourth-order valence-corrected chi connectivity index (χ4v) is 3.78. The number of halogens is 3. The van der Waals surface area contributed by atoms with Crippen LogP contribution in [-0.2, 0) is 13.0 Å². The van der Waals surface area contributed by atoms with Gasteiger partial charge in [-0.05, 0) is 53.6 Å². The van der Waals surface area contributed by atoms with Crippen molar-refractivity contribution in [2.75, 3.05) is 0 Å². The third-order valence-corrected chi connectivity index (χ3v) is 5.62. The molecule has 0 radical (unpaired) electrons. The minimum absolute atomic E-state index is 0.0415. The van der Waals surface area contributed by atoms with E-state index in [2.05, 4.69) is 4.98 Å². The van der Waals surface area contributed by atoms with Crippen molar-refractivity contribution in [1.82, 2.24) is 4.98 Å². The van der Waals surface area contributed by atoms with Crippen molar-refractivity contribution in [2.45, 2.75) is 13.0 Å². The van der Waals surface area contributed by atoms with Crippen LogP contribution in [0.1, 0.15) is 27.2 Å². The van der Waals surface area contributed by atoms with Crippen molar-refractivity contribution in [3.63, 3.8) is 0 Å². The maximum atomic E-state index is 13.4. The fraction of sp³-hybridized carbons (Fsp3) is 0.0769. The number of nitrogens with zero attached hydrogens (tertiary/aromatic N) is 1. The number of carboxylic acid groups (broad SMARTS) is 1. The number of ether oxygens (including phenoxy) is 1. The molecule has 33 heavy (non-hydrogen) atoms. The zero-order chi connectivity index (χ0) is 23.4. The molecule has 0 aliphatic heterocycles. The maximum absolute atomic E-state index is 13.4. The van der Waals surface area contributed by atoms with Crippen molar-refractivity contribution in [1.29, 1.82) is 0 Å². The first-order chi connectivity index (χ1) is 15.9. The van der Waals surface area contributed by atoms with Gasteiger partial charge in [-0.2, -0.15) is 0 Å². The lowest BCUT2D eigenvalue weighted by Gasteiger charge is -2.14. The van der Waals surface area contributed by atoms with E-state index in [1.807, 2.05) is 30.3 Å². The van der Waals surface area contributed by atoms with Gasteiger partial charge in [-0.3, -0.25) is 4.98 Å². The highest BCUT2D eigenvalue weighted by atomic mass is 35.5. The fourth-order valence-electron chi connectivity index (χ4n) is 3.39. The van der Waals surface area contributed by atoms with E-state index >= 15 is 0 Å². The highest BCUT2D eigenvalue weighted by Crippen LogP contribution is 2.33. The zero-order valence-electron chi connectivity index (χ0n) is 17.3. The average molecular weight is 482 g/mol. The van der Waals surface area contributed by atoms with Gasteiger partial charge in [0, 0.05) is 22.0 Å². The smallest absolute Gasteiger partial charge is 0.337 e. The van der Waals surface area contributed by atoms with Gasteiger partial charge in [0.15, 0.2) is 0 Å². The van der Waals surface area contributed by atoms with Gasteiger partial charge in [0.25, 0.3) is 0 Å². The first kappa shape index (κ1) is 22.8. The number of carbonyl (C=O) groups is 1. The second-order valence-electron chi connectivity index (χ2n) is 7.32. The normalized spacial score (nSPS) is 10.8. The SMILES string of the molecule is O=C(O)c1ccc(-c2ccc(Cl)cc2OCc2ccccc2)nc1Cc1ccc(F)cc1Cl. The van der Waals surface area contributed by atoms with Crippen molar-refractivity contribution in [2.24, 2.45) is 0 Å². The third-order valence-electron chi connectivity index (χ3n) is 5.03. The average Bonchev–Trinajstić information content (AvgIpc) is 2.80. The number of carboxylic acids is 1. The van der Waals surface area contributed by atoms with Gasteiger partial charge in [0.1, 0.15) is 18.2 Å². The van der Waals surface area contributed by atoms with Crippen LogP contribution >= 0.6 is 23.2 Å². The minimum atomic E-state index is -1.11. The molecule has 0 spiro atoms. The quantitative estimate of drug-likeness (QED) is 0.306. The Kier molecular flexibility index (Phi) is 6.92. The van der Waals surface area contributed by atoms with E-state index in [1.54, 1.807) is 24.3 Å². The van der Waals surface area contributed by atoms with Gasteiger partial charge in [-0.25, -0.2) is 9.18 Å². The Morgan fingerprint density at radius 3 is 2.48 bits per heavy atom. The molecule has 1 N–H and O–H groups in total. The Bertz CT molecular complexity index is 1310. The van der Waals surface area contributed by atoms with Crippen LogP contribution in [0.5, 0.6) is 5.75 Å². The Labute approximate surface area is 200 Å². The second kappa shape index (κ2) is 10.0. The maximum Gasteiger partial charge on any atom is 0.337 e. The van der Waals surface area contributed by atoms with Crippen LogP contribution in [0.4, 0.5) is 4.39 Å². The molecule has 1 aromatic heterocycles. The lowest BCUT2D eigenvalue weighted by Crippen LogP contribution is -2.07. The standard InChI is InChI=1S/C26H18Cl2FNO3/c27-18-7-9-20(25(13-18)33-15-16-4-2-1-3-5-16)23-11-10-21(26(31)32)24(30-23)12-17-6-8-19(29)14-22(17)28/h1-11,13-14H,12,15H2,(H,31,32). The lowest BCUT2D eigenvalue weighted by molar-refractivity contribution is 0.0695. The molecule has 0 saturated carbocycles. The highest BCUT2D eigenvalue weighted by molar-refractivity contribution is 6.31.